The molecule has 0 bridgehead atoms. The van der Waals surface area contributed by atoms with E-state index >= 15 is 0 Å². The highest BCUT2D eigenvalue weighted by Gasteiger charge is 2.17. The van der Waals surface area contributed by atoms with Gasteiger partial charge >= 0.3 is 0 Å². The molecule has 0 radical (unpaired) electrons. The Hall–Kier alpha value is -2.10. The smallest absolute Gasteiger partial charge is 0.123 e. The van der Waals surface area contributed by atoms with Crippen LogP contribution >= 0.6 is 11.6 Å². The van der Waals surface area contributed by atoms with Crippen molar-refractivity contribution in [2.75, 3.05) is 0 Å². The lowest BCUT2D eigenvalue weighted by Crippen LogP contribution is -2.28. The topological polar surface area (TPSA) is 17.0 Å². The number of rotatable bonds is 5. The van der Waals surface area contributed by atoms with Gasteiger partial charge in [-0.15, -0.1) is 0 Å². The molecule has 0 spiro atoms. The third kappa shape index (κ3) is 4.73. The number of nitrogens with one attached hydrogen (secondary N) is 1. The molecular formula is C25H28ClFN2. The monoisotopic (exact) mass is 410 g/mol. The van der Waals surface area contributed by atoms with Crippen molar-refractivity contribution in [3.63, 3.8) is 0 Å². The predicted octanol–water partition coefficient (Wildman–Crippen LogP) is 7.06. The molecule has 1 saturated carbocycles. The van der Waals surface area contributed by atoms with Gasteiger partial charge in [0, 0.05) is 29.0 Å². The van der Waals surface area contributed by atoms with Crippen LogP contribution in [0.25, 0.3) is 16.9 Å². The van der Waals surface area contributed by atoms with Gasteiger partial charge in [-0.25, -0.2) is 4.39 Å². The van der Waals surface area contributed by atoms with Gasteiger partial charge in [0.2, 0.25) is 0 Å². The zero-order valence-corrected chi connectivity index (χ0v) is 17.7. The van der Waals surface area contributed by atoms with Crippen molar-refractivity contribution in [3.05, 3.63) is 76.7 Å². The Morgan fingerprint density at radius 3 is 2.28 bits per heavy atom. The lowest BCUT2D eigenvalue weighted by Gasteiger charge is -2.16. The third-order valence-electron chi connectivity index (χ3n) is 6.01. The summed E-state index contributed by atoms with van der Waals surface area (Å²) < 4.78 is 15.7. The molecule has 0 atom stereocenters. The molecule has 0 unspecified atom stereocenters. The maximum absolute atomic E-state index is 13.5. The minimum atomic E-state index is -0.221. The quantitative estimate of drug-likeness (QED) is 0.445. The highest BCUT2D eigenvalue weighted by atomic mass is 35.5. The second kappa shape index (κ2) is 9.15. The van der Waals surface area contributed by atoms with Gasteiger partial charge in [0.15, 0.2) is 0 Å². The molecule has 0 saturated heterocycles. The van der Waals surface area contributed by atoms with E-state index in [9.17, 15) is 4.39 Å². The van der Waals surface area contributed by atoms with Crippen LogP contribution in [0.1, 0.15) is 49.8 Å². The van der Waals surface area contributed by atoms with Crippen LogP contribution in [0.2, 0.25) is 5.02 Å². The van der Waals surface area contributed by atoms with Gasteiger partial charge in [-0.3, -0.25) is 0 Å². The van der Waals surface area contributed by atoms with Crippen molar-refractivity contribution in [3.8, 4) is 16.9 Å². The minimum absolute atomic E-state index is 0.221. The van der Waals surface area contributed by atoms with Crippen LogP contribution in [0.5, 0.6) is 0 Å². The van der Waals surface area contributed by atoms with Crippen molar-refractivity contribution in [1.29, 1.82) is 0 Å². The standard InChI is InChI=1S/C25H28ClFN2/c1-18-20(17-28-23-6-4-2-3-5-7-23)16-25(19-8-10-21(26)11-9-19)29(18)24-14-12-22(27)13-15-24/h8-16,23,28H,2-7,17H2,1H3. The Labute approximate surface area is 177 Å². The fourth-order valence-corrected chi connectivity index (χ4v) is 4.46. The van der Waals surface area contributed by atoms with Gasteiger partial charge in [-0.1, -0.05) is 49.4 Å². The van der Waals surface area contributed by atoms with Crippen LogP contribution in [-0.4, -0.2) is 10.6 Å². The first-order chi connectivity index (χ1) is 14.1. The van der Waals surface area contributed by atoms with E-state index < -0.39 is 0 Å². The van der Waals surface area contributed by atoms with Crippen molar-refractivity contribution >= 4 is 11.6 Å². The first-order valence-corrected chi connectivity index (χ1v) is 11.0. The van der Waals surface area contributed by atoms with Gasteiger partial charge in [-0.2, -0.15) is 0 Å². The number of nitrogens with zero attached hydrogens (tertiary/aromatic N) is 1. The summed E-state index contributed by atoms with van der Waals surface area (Å²) in [5.74, 6) is -0.221. The average molecular weight is 411 g/mol. The van der Waals surface area contributed by atoms with Crippen molar-refractivity contribution in [2.45, 2.75) is 58.0 Å². The Balaban J connectivity index is 1.68. The highest BCUT2D eigenvalue weighted by molar-refractivity contribution is 6.30. The molecule has 1 N–H and O–H groups in total. The van der Waals surface area contributed by atoms with E-state index in [0.717, 1.165) is 28.5 Å². The van der Waals surface area contributed by atoms with Crippen molar-refractivity contribution < 1.29 is 4.39 Å². The van der Waals surface area contributed by atoms with E-state index in [4.69, 9.17) is 11.6 Å². The van der Waals surface area contributed by atoms with Gasteiger partial charge in [0.25, 0.3) is 0 Å². The SMILES string of the molecule is Cc1c(CNC2CCCCCC2)cc(-c2ccc(Cl)cc2)n1-c1ccc(F)cc1. The molecule has 152 valence electrons. The molecule has 1 aliphatic carbocycles. The molecule has 1 aromatic heterocycles. The fraction of sp³-hybridized carbons (Fsp3) is 0.360. The number of hydrogen-bond donors (Lipinski definition) is 1. The highest BCUT2D eigenvalue weighted by Crippen LogP contribution is 2.31. The summed E-state index contributed by atoms with van der Waals surface area (Å²) in [7, 11) is 0. The van der Waals surface area contributed by atoms with Crippen molar-refractivity contribution in [2.24, 2.45) is 0 Å². The lowest BCUT2D eigenvalue weighted by molar-refractivity contribution is 0.458. The lowest BCUT2D eigenvalue weighted by atomic mass is 10.1. The second-order valence-corrected chi connectivity index (χ2v) is 8.46. The van der Waals surface area contributed by atoms with Gasteiger partial charge in [0.1, 0.15) is 5.82 Å². The van der Waals surface area contributed by atoms with Crippen LogP contribution in [0, 0.1) is 12.7 Å². The summed E-state index contributed by atoms with van der Waals surface area (Å²) in [6.07, 6.45) is 7.90. The zero-order valence-electron chi connectivity index (χ0n) is 16.9. The van der Waals surface area contributed by atoms with Crippen LogP contribution in [-0.2, 0) is 6.54 Å². The van der Waals surface area contributed by atoms with E-state index in [1.165, 1.54) is 61.9 Å². The predicted molar refractivity (Wildman–Crippen MR) is 119 cm³/mol. The Morgan fingerprint density at radius 2 is 1.62 bits per heavy atom. The Bertz CT molecular complexity index is 936. The third-order valence-corrected chi connectivity index (χ3v) is 6.27. The van der Waals surface area contributed by atoms with Crippen LogP contribution < -0.4 is 5.32 Å². The number of hydrogen-bond acceptors (Lipinski definition) is 1. The maximum Gasteiger partial charge on any atom is 0.123 e. The second-order valence-electron chi connectivity index (χ2n) is 8.03. The summed E-state index contributed by atoms with van der Waals surface area (Å²) >= 11 is 6.10. The normalized spacial score (nSPS) is 15.4. The van der Waals surface area contributed by atoms with Gasteiger partial charge < -0.3 is 9.88 Å². The van der Waals surface area contributed by atoms with Crippen LogP contribution in [0.4, 0.5) is 4.39 Å². The van der Waals surface area contributed by atoms with Gasteiger partial charge in [-0.05, 0) is 73.4 Å². The summed E-state index contributed by atoms with van der Waals surface area (Å²) in [4.78, 5) is 0. The zero-order chi connectivity index (χ0) is 20.2. The summed E-state index contributed by atoms with van der Waals surface area (Å²) in [5, 5.41) is 4.51. The maximum atomic E-state index is 13.5. The van der Waals surface area contributed by atoms with E-state index in [2.05, 4.69) is 22.9 Å². The van der Waals surface area contributed by atoms with Crippen LogP contribution in [0.3, 0.4) is 0 Å². The molecule has 0 amide bonds. The number of halogens is 2. The van der Waals surface area contributed by atoms with E-state index in [0.29, 0.717) is 6.04 Å². The molecule has 2 nitrogen and oxygen atoms in total. The number of aromatic nitrogens is 1. The molecule has 2 aromatic carbocycles. The van der Waals surface area contributed by atoms with Gasteiger partial charge in [0.05, 0.1) is 5.69 Å². The molecule has 1 aliphatic rings. The summed E-state index contributed by atoms with van der Waals surface area (Å²) in [5.41, 5.74) is 5.63. The molecule has 29 heavy (non-hydrogen) atoms. The first kappa shape index (κ1) is 20.2. The van der Waals surface area contributed by atoms with E-state index in [-0.39, 0.29) is 5.82 Å². The van der Waals surface area contributed by atoms with Crippen molar-refractivity contribution in [1.82, 2.24) is 9.88 Å². The Kier molecular flexibility index (Phi) is 6.37. The summed E-state index contributed by atoms with van der Waals surface area (Å²) in [6.45, 7) is 3.00. The van der Waals surface area contributed by atoms with Crippen LogP contribution in [0.15, 0.2) is 54.6 Å². The average Bonchev–Trinajstić information content (AvgIpc) is 2.89. The fourth-order valence-electron chi connectivity index (χ4n) is 4.33. The largest absolute Gasteiger partial charge is 0.314 e. The molecule has 3 aromatic rings. The molecule has 1 fully saturated rings. The van der Waals surface area contributed by atoms with E-state index in [1.54, 1.807) is 0 Å². The molecule has 4 rings (SSSR count). The molecular weight excluding hydrogens is 383 g/mol. The van der Waals surface area contributed by atoms with E-state index in [1.807, 2.05) is 36.4 Å². The molecule has 0 aliphatic heterocycles. The molecule has 1 heterocycles. The molecule has 4 heteroatoms. The summed E-state index contributed by atoms with van der Waals surface area (Å²) in [6, 6.07) is 17.5. The number of benzene rings is 2. The Morgan fingerprint density at radius 1 is 0.966 bits per heavy atom. The minimum Gasteiger partial charge on any atom is -0.314 e. The first-order valence-electron chi connectivity index (χ1n) is 10.6.